The SMILES string of the molecule is CC.CC.CCCCCCCCCCCCCCCCCCOc1cc(C(C)(c2ccccc2)c2ccccc2)cc(OCCCCCCCCCCCCCCCCCC)c1OCCCCCCCCCCCCCCCCCC. The van der Waals surface area contributed by atoms with Gasteiger partial charge in [-0.3, -0.25) is 0 Å². The van der Waals surface area contributed by atoms with E-state index in [-0.39, 0.29) is 0 Å². The zero-order valence-corrected chi connectivity index (χ0v) is 55.7. The highest BCUT2D eigenvalue weighted by Gasteiger charge is 2.33. The minimum atomic E-state index is -0.409. The van der Waals surface area contributed by atoms with Crippen LogP contribution in [0, 0.1) is 0 Å². The molecule has 0 fully saturated rings. The maximum Gasteiger partial charge on any atom is 0.203 e. The summed E-state index contributed by atoms with van der Waals surface area (Å²) < 4.78 is 20.7. The van der Waals surface area contributed by atoms with Crippen LogP contribution in [0.25, 0.3) is 0 Å². The molecule has 0 aliphatic carbocycles. The molecule has 0 N–H and O–H groups in total. The highest BCUT2D eigenvalue weighted by molar-refractivity contribution is 5.60. The Morgan fingerprint density at radius 3 is 0.667 bits per heavy atom. The van der Waals surface area contributed by atoms with E-state index < -0.39 is 5.41 Å². The van der Waals surface area contributed by atoms with Crippen LogP contribution >= 0.6 is 0 Å². The molecule has 0 saturated carbocycles. The molecule has 0 amide bonds. The van der Waals surface area contributed by atoms with Gasteiger partial charge in [0.25, 0.3) is 0 Å². The Bertz CT molecular complexity index is 1590. The lowest BCUT2D eigenvalue weighted by molar-refractivity contribution is 0.233. The van der Waals surface area contributed by atoms with Crippen LogP contribution < -0.4 is 14.2 Å². The fourth-order valence-corrected chi connectivity index (χ4v) is 11.8. The molecule has 3 nitrogen and oxygen atoms in total. The smallest absolute Gasteiger partial charge is 0.203 e. The van der Waals surface area contributed by atoms with Crippen molar-refractivity contribution in [3.8, 4) is 17.2 Å². The third-order valence-electron chi connectivity index (χ3n) is 17.1. The normalized spacial score (nSPS) is 11.3. The molecule has 3 aromatic rings. The number of rotatable bonds is 57. The van der Waals surface area contributed by atoms with Gasteiger partial charge in [-0.1, -0.05) is 398 Å². The number of hydrogen-bond donors (Lipinski definition) is 0. The van der Waals surface area contributed by atoms with Crippen molar-refractivity contribution >= 4 is 0 Å². The van der Waals surface area contributed by atoms with Crippen LogP contribution in [0.3, 0.4) is 0 Å². The van der Waals surface area contributed by atoms with Crippen LogP contribution in [0.15, 0.2) is 72.8 Å². The molecule has 0 unspecified atom stereocenters. The molecular weight excluding hydrogens is 985 g/mol. The van der Waals surface area contributed by atoms with Crippen LogP contribution in [0.1, 0.15) is 380 Å². The summed E-state index contributed by atoms with van der Waals surface area (Å²) in [6.07, 6.45) is 65.6. The monoisotopic (exact) mass is 1120 g/mol. The summed E-state index contributed by atoms with van der Waals surface area (Å²) in [5.41, 5.74) is 3.31. The van der Waals surface area contributed by atoms with Gasteiger partial charge in [0, 0.05) is 5.41 Å². The molecule has 468 valence electrons. The molecular formula is C78H138O3. The summed E-state index contributed by atoms with van der Waals surface area (Å²) in [6, 6.07) is 26.7. The average molecular weight is 1120 g/mol. The second-order valence-corrected chi connectivity index (χ2v) is 24.1. The topological polar surface area (TPSA) is 27.7 Å². The molecule has 0 spiro atoms. The molecule has 0 heterocycles. The van der Waals surface area contributed by atoms with Crippen molar-refractivity contribution in [3.63, 3.8) is 0 Å². The summed E-state index contributed by atoms with van der Waals surface area (Å²) in [4.78, 5) is 0. The first kappa shape index (κ1) is 76.1. The maximum atomic E-state index is 6.92. The highest BCUT2D eigenvalue weighted by Crippen LogP contribution is 2.47. The van der Waals surface area contributed by atoms with Crippen molar-refractivity contribution in [3.05, 3.63) is 89.5 Å². The zero-order chi connectivity index (χ0) is 58.6. The van der Waals surface area contributed by atoms with Crippen LogP contribution in [0.5, 0.6) is 17.2 Å². The molecule has 3 rings (SSSR count). The van der Waals surface area contributed by atoms with Gasteiger partial charge in [0.2, 0.25) is 5.75 Å². The molecule has 0 radical (unpaired) electrons. The standard InChI is InChI=1S/C74H126O3.2C2H6/c1-5-8-11-14-17-20-23-26-29-32-35-38-41-44-47-56-63-75-71-66-70(74(4,68-59-52-50-53-60-68)69-61-54-51-55-62-69)67-72(76-64-57-48-45-42-39-36-33-30-27-24-21-18-15-12-9-6-2)73(71)77-65-58-49-46-43-40-37-34-31-28-25-22-19-16-13-10-7-3;2*1-2/h50-55,59-62,66-67H,5-49,56-58,63-65H2,1-4H3;2*1-2H3. The summed E-state index contributed by atoms with van der Waals surface area (Å²) in [6.45, 7) is 19.4. The lowest BCUT2D eigenvalue weighted by Gasteiger charge is -2.33. The van der Waals surface area contributed by atoms with E-state index in [9.17, 15) is 0 Å². The van der Waals surface area contributed by atoms with Gasteiger partial charge in [-0.2, -0.15) is 0 Å². The van der Waals surface area contributed by atoms with E-state index >= 15 is 0 Å². The van der Waals surface area contributed by atoms with E-state index in [1.54, 1.807) is 0 Å². The largest absolute Gasteiger partial charge is 0.490 e. The Kier molecular flexibility index (Phi) is 55.2. The molecule has 3 heteroatoms. The van der Waals surface area contributed by atoms with E-state index in [0.717, 1.165) is 36.5 Å². The highest BCUT2D eigenvalue weighted by atomic mass is 16.5. The lowest BCUT2D eigenvalue weighted by Crippen LogP contribution is -2.25. The summed E-state index contributed by atoms with van der Waals surface area (Å²) in [5.74, 6) is 2.51. The molecule has 0 aliphatic rings. The second-order valence-electron chi connectivity index (χ2n) is 24.1. The van der Waals surface area contributed by atoms with Crippen molar-refractivity contribution < 1.29 is 14.2 Å². The van der Waals surface area contributed by atoms with Gasteiger partial charge in [0.15, 0.2) is 11.5 Å². The summed E-state index contributed by atoms with van der Waals surface area (Å²) in [5, 5.41) is 0. The van der Waals surface area contributed by atoms with Gasteiger partial charge in [-0.05, 0) is 55.0 Å². The minimum absolute atomic E-state index is 0.409. The van der Waals surface area contributed by atoms with E-state index in [0.29, 0.717) is 19.8 Å². The summed E-state index contributed by atoms with van der Waals surface area (Å²) >= 11 is 0. The third kappa shape index (κ3) is 40.1. The number of benzene rings is 3. The van der Waals surface area contributed by atoms with Gasteiger partial charge in [-0.15, -0.1) is 0 Å². The molecule has 81 heavy (non-hydrogen) atoms. The van der Waals surface area contributed by atoms with E-state index in [1.807, 2.05) is 27.7 Å². The van der Waals surface area contributed by atoms with Crippen molar-refractivity contribution in [2.45, 2.75) is 369 Å². The maximum absolute atomic E-state index is 6.92. The van der Waals surface area contributed by atoms with Crippen LogP contribution in [-0.4, -0.2) is 19.8 Å². The van der Waals surface area contributed by atoms with Gasteiger partial charge in [0.1, 0.15) is 0 Å². The predicted octanol–water partition coefficient (Wildman–Crippen LogP) is 27.0. The van der Waals surface area contributed by atoms with Crippen molar-refractivity contribution in [2.75, 3.05) is 19.8 Å². The molecule has 0 bridgehead atoms. The van der Waals surface area contributed by atoms with Gasteiger partial charge < -0.3 is 14.2 Å². The number of hydrogen-bond acceptors (Lipinski definition) is 3. The Balaban J connectivity index is 0.00000801. The van der Waals surface area contributed by atoms with Gasteiger partial charge in [-0.25, -0.2) is 0 Å². The van der Waals surface area contributed by atoms with Crippen LogP contribution in [0.4, 0.5) is 0 Å². The van der Waals surface area contributed by atoms with Crippen LogP contribution in [0.2, 0.25) is 0 Å². The Hall–Kier alpha value is -2.94. The van der Waals surface area contributed by atoms with Crippen molar-refractivity contribution in [1.82, 2.24) is 0 Å². The fourth-order valence-electron chi connectivity index (χ4n) is 11.8. The molecule has 0 saturated heterocycles. The first-order valence-corrected chi connectivity index (χ1v) is 36.3. The molecule has 0 aliphatic heterocycles. The quantitative estimate of drug-likeness (QED) is 0.0416. The van der Waals surface area contributed by atoms with E-state index in [1.165, 1.54) is 306 Å². The number of ether oxygens (including phenoxy) is 3. The number of unbranched alkanes of at least 4 members (excludes halogenated alkanes) is 45. The molecule has 0 atom stereocenters. The molecule has 0 aromatic heterocycles. The Morgan fingerprint density at radius 1 is 0.247 bits per heavy atom. The third-order valence-corrected chi connectivity index (χ3v) is 17.1. The predicted molar refractivity (Wildman–Crippen MR) is 363 cm³/mol. The Morgan fingerprint density at radius 2 is 0.444 bits per heavy atom. The van der Waals surface area contributed by atoms with Gasteiger partial charge >= 0.3 is 0 Å². The molecule has 3 aromatic carbocycles. The second kappa shape index (κ2) is 58.8. The van der Waals surface area contributed by atoms with Gasteiger partial charge in [0.05, 0.1) is 19.8 Å². The zero-order valence-electron chi connectivity index (χ0n) is 55.7. The van der Waals surface area contributed by atoms with E-state index in [4.69, 9.17) is 14.2 Å². The van der Waals surface area contributed by atoms with Crippen LogP contribution in [-0.2, 0) is 5.41 Å². The first-order chi connectivity index (χ1) is 40.1. The van der Waals surface area contributed by atoms with Crippen molar-refractivity contribution in [2.24, 2.45) is 0 Å². The van der Waals surface area contributed by atoms with Crippen molar-refractivity contribution in [1.29, 1.82) is 0 Å². The fraction of sp³-hybridized carbons (Fsp3) is 0.769. The lowest BCUT2D eigenvalue weighted by atomic mass is 9.71. The first-order valence-electron chi connectivity index (χ1n) is 36.3. The Labute approximate surface area is 507 Å². The average Bonchev–Trinajstić information content (AvgIpc) is 3.67. The van der Waals surface area contributed by atoms with E-state index in [2.05, 4.69) is 100 Å². The minimum Gasteiger partial charge on any atom is -0.490 e. The summed E-state index contributed by atoms with van der Waals surface area (Å²) in [7, 11) is 0.